The minimum absolute atomic E-state index is 0.457. The number of nitrogens with one attached hydrogen (secondary N) is 1. The smallest absolute Gasteiger partial charge is 0.227 e. The van der Waals surface area contributed by atoms with E-state index in [2.05, 4.69) is 63.2 Å². The Morgan fingerprint density at radius 2 is 1.98 bits per heavy atom. The second-order valence-electron chi connectivity index (χ2n) is 11.7. The number of ether oxygens (including phenoxy) is 1. The van der Waals surface area contributed by atoms with Crippen LogP contribution in [0.2, 0.25) is 0 Å². The molecule has 2 aromatic heterocycles. The molecule has 4 aromatic rings. The maximum atomic E-state index is 12.6. The summed E-state index contributed by atoms with van der Waals surface area (Å²) in [6.07, 6.45) is 7.55. The van der Waals surface area contributed by atoms with Crippen molar-refractivity contribution in [2.24, 2.45) is 0 Å². The molecular formula is C31H42N7O2P. The predicted molar refractivity (Wildman–Crippen MR) is 172 cm³/mol. The van der Waals surface area contributed by atoms with Crippen LogP contribution in [0.5, 0.6) is 5.75 Å². The summed E-state index contributed by atoms with van der Waals surface area (Å²) in [6.45, 7) is 6.40. The first kappa shape index (κ1) is 29.0. The van der Waals surface area contributed by atoms with Gasteiger partial charge >= 0.3 is 0 Å². The normalized spacial score (nSPS) is 13.1. The van der Waals surface area contributed by atoms with Gasteiger partial charge in [-0.05, 0) is 63.9 Å². The van der Waals surface area contributed by atoms with Crippen molar-refractivity contribution in [3.8, 4) is 17.0 Å². The van der Waals surface area contributed by atoms with Crippen LogP contribution in [-0.4, -0.2) is 80.3 Å². The van der Waals surface area contributed by atoms with Crippen LogP contribution in [0.3, 0.4) is 0 Å². The van der Waals surface area contributed by atoms with Gasteiger partial charge in [-0.15, -0.1) is 0 Å². The number of aromatic nitrogens is 3. The first-order valence-electron chi connectivity index (χ1n) is 14.2. The van der Waals surface area contributed by atoms with E-state index in [1.165, 1.54) is 16.5 Å². The fraction of sp³-hybridized carbons (Fsp3) is 0.419. The summed E-state index contributed by atoms with van der Waals surface area (Å²) in [4.78, 5) is 14.0. The largest absolute Gasteiger partial charge is 0.494 e. The lowest BCUT2D eigenvalue weighted by Gasteiger charge is -2.24. The lowest BCUT2D eigenvalue weighted by atomic mass is 10.0. The monoisotopic (exact) mass is 575 g/mol. The van der Waals surface area contributed by atoms with E-state index in [-0.39, 0.29) is 0 Å². The Morgan fingerprint density at radius 3 is 2.71 bits per heavy atom. The van der Waals surface area contributed by atoms with E-state index in [1.54, 1.807) is 7.11 Å². The van der Waals surface area contributed by atoms with E-state index in [0.29, 0.717) is 35.7 Å². The molecule has 0 atom stereocenters. The van der Waals surface area contributed by atoms with Gasteiger partial charge < -0.3 is 34.7 Å². The van der Waals surface area contributed by atoms with Crippen molar-refractivity contribution in [3.05, 3.63) is 53.9 Å². The zero-order valence-electron chi connectivity index (χ0n) is 25.1. The van der Waals surface area contributed by atoms with Crippen molar-refractivity contribution in [2.75, 3.05) is 76.8 Å². The summed E-state index contributed by atoms with van der Waals surface area (Å²) in [7, 11) is 5.58. The zero-order valence-corrected chi connectivity index (χ0v) is 26.0. The van der Waals surface area contributed by atoms with Gasteiger partial charge in [0, 0.05) is 62.3 Å². The van der Waals surface area contributed by atoms with E-state index >= 15 is 0 Å². The Morgan fingerprint density at radius 1 is 1.17 bits per heavy atom. The minimum Gasteiger partial charge on any atom is -0.494 e. The molecule has 41 heavy (non-hydrogen) atoms. The van der Waals surface area contributed by atoms with E-state index in [9.17, 15) is 4.57 Å². The van der Waals surface area contributed by atoms with Gasteiger partial charge in [-0.2, -0.15) is 0 Å². The van der Waals surface area contributed by atoms with Crippen molar-refractivity contribution in [1.29, 1.82) is 0 Å². The first-order chi connectivity index (χ1) is 19.5. The average molecular weight is 576 g/mol. The van der Waals surface area contributed by atoms with Crippen LogP contribution in [0.4, 0.5) is 23.0 Å². The number of para-hydroxylation sites is 1. The number of nitrogens with two attached hydrogens (primary N) is 1. The average Bonchev–Trinajstić information content (AvgIpc) is 3.31. The summed E-state index contributed by atoms with van der Waals surface area (Å²) in [5, 5.41) is 4.56. The molecule has 0 radical (unpaired) electrons. The highest BCUT2D eigenvalue weighted by atomic mass is 31.2. The molecule has 0 saturated carbocycles. The highest BCUT2D eigenvalue weighted by Crippen LogP contribution is 2.41. The number of likely N-dealkylation sites (N-methyl/N-ethyl adjacent to an activating group) is 2. The molecular weight excluding hydrogens is 533 g/mol. The van der Waals surface area contributed by atoms with Crippen molar-refractivity contribution >= 4 is 41.1 Å². The number of rotatable bonds is 11. The molecule has 0 fully saturated rings. The third-order valence-electron chi connectivity index (χ3n) is 7.76. The number of hydrogen-bond acceptors (Lipinski definition) is 8. The lowest BCUT2D eigenvalue weighted by Crippen LogP contribution is -2.29. The second-order valence-corrected chi connectivity index (χ2v) is 15.3. The number of methoxy groups -OCH3 is 1. The molecule has 0 amide bonds. The van der Waals surface area contributed by atoms with Gasteiger partial charge in [-0.3, -0.25) is 0 Å². The molecule has 5 rings (SSSR count). The summed E-state index contributed by atoms with van der Waals surface area (Å²) in [5.41, 5.74) is 14.4. The standard InChI is InChI=1S/C31H42N7O2P/c1-36(2)14-15-37(3)27-18-28(40-4)26(17-25(27)32)34-31-33-19-22(12-16-41(5,6)39)29(35-31)24-20-38-13-8-10-21-9-7-11-23(24)30(21)38/h7,9,11,17-20H,8,10,12-16,32H2,1-6H3,(H,33,34,35). The van der Waals surface area contributed by atoms with Gasteiger partial charge in [0.05, 0.1) is 42.5 Å². The molecule has 0 aliphatic carbocycles. The molecule has 10 heteroatoms. The fourth-order valence-corrected chi connectivity index (χ4v) is 6.27. The second kappa shape index (κ2) is 11.7. The molecule has 0 saturated heterocycles. The van der Waals surface area contributed by atoms with E-state index in [0.717, 1.165) is 55.0 Å². The summed E-state index contributed by atoms with van der Waals surface area (Å²) < 4.78 is 20.7. The van der Waals surface area contributed by atoms with E-state index in [4.69, 9.17) is 15.5 Å². The van der Waals surface area contributed by atoms with Crippen LogP contribution in [0.25, 0.3) is 22.2 Å². The molecule has 1 aliphatic heterocycles. The summed E-state index contributed by atoms with van der Waals surface area (Å²) >= 11 is 0. The highest BCUT2D eigenvalue weighted by Gasteiger charge is 2.22. The maximum absolute atomic E-state index is 12.6. The van der Waals surface area contributed by atoms with Crippen molar-refractivity contribution in [1.82, 2.24) is 19.4 Å². The third kappa shape index (κ3) is 6.36. The van der Waals surface area contributed by atoms with Crippen LogP contribution in [0, 0.1) is 0 Å². The summed E-state index contributed by atoms with van der Waals surface area (Å²) in [5.74, 6) is 1.11. The van der Waals surface area contributed by atoms with Crippen molar-refractivity contribution in [3.63, 3.8) is 0 Å². The Balaban J connectivity index is 1.54. The summed E-state index contributed by atoms with van der Waals surface area (Å²) in [6, 6.07) is 10.4. The molecule has 9 nitrogen and oxygen atoms in total. The van der Waals surface area contributed by atoms with Crippen molar-refractivity contribution < 1.29 is 9.30 Å². The molecule has 0 spiro atoms. The van der Waals surface area contributed by atoms with Crippen LogP contribution < -0.4 is 20.7 Å². The van der Waals surface area contributed by atoms with Crippen LogP contribution in [0.1, 0.15) is 17.5 Å². The maximum Gasteiger partial charge on any atom is 0.227 e. The topological polar surface area (TPSA) is 102 Å². The van der Waals surface area contributed by atoms with Gasteiger partial charge in [0.25, 0.3) is 0 Å². The number of hydrogen-bond donors (Lipinski definition) is 2. The highest BCUT2D eigenvalue weighted by molar-refractivity contribution is 7.62. The van der Waals surface area contributed by atoms with E-state index < -0.39 is 7.14 Å². The number of aryl methyl sites for hydroxylation is 3. The van der Waals surface area contributed by atoms with Crippen LogP contribution in [-0.2, 0) is 24.0 Å². The van der Waals surface area contributed by atoms with Crippen molar-refractivity contribution in [2.45, 2.75) is 25.8 Å². The Bertz CT molecular complexity index is 1610. The number of benzene rings is 2. The Labute approximate surface area is 243 Å². The SMILES string of the molecule is COc1cc(N(C)CCN(C)C)c(N)cc1Nc1ncc(CCP(C)(C)=O)c(-c2cn3c4c(cccc24)CCC3)n1. The Hall–Kier alpha value is -3.55. The molecule has 3 heterocycles. The quantitative estimate of drug-likeness (QED) is 0.178. The molecule has 2 aromatic carbocycles. The number of nitrogen functional groups attached to an aromatic ring is 1. The molecule has 218 valence electrons. The molecule has 0 bridgehead atoms. The van der Waals surface area contributed by atoms with Gasteiger partial charge in [0.1, 0.15) is 5.75 Å². The third-order valence-corrected chi connectivity index (χ3v) is 9.06. The molecule has 3 N–H and O–H groups in total. The van der Waals surface area contributed by atoms with Gasteiger partial charge in [-0.25, -0.2) is 9.97 Å². The van der Waals surface area contributed by atoms with Crippen LogP contribution in [0.15, 0.2) is 42.7 Å². The Kier molecular flexibility index (Phi) is 8.30. The molecule has 0 unspecified atom stereocenters. The lowest BCUT2D eigenvalue weighted by molar-refractivity contribution is 0.413. The number of nitrogens with zero attached hydrogens (tertiary/aromatic N) is 5. The number of anilines is 4. The van der Waals surface area contributed by atoms with Gasteiger partial charge in [0.2, 0.25) is 5.95 Å². The van der Waals surface area contributed by atoms with E-state index in [1.807, 2.05) is 38.7 Å². The first-order valence-corrected chi connectivity index (χ1v) is 16.9. The van der Waals surface area contributed by atoms with Crippen LogP contribution >= 0.6 is 7.14 Å². The fourth-order valence-electron chi connectivity index (χ4n) is 5.49. The van der Waals surface area contributed by atoms with Gasteiger partial charge in [0.15, 0.2) is 0 Å². The minimum atomic E-state index is -2.21. The molecule has 1 aliphatic rings. The predicted octanol–water partition coefficient (Wildman–Crippen LogP) is 5.54. The zero-order chi connectivity index (χ0) is 29.3. The van der Waals surface area contributed by atoms with Gasteiger partial charge in [-0.1, -0.05) is 18.2 Å².